The number of nitrogens with zero attached hydrogens (tertiary/aromatic N) is 9. The van der Waals surface area contributed by atoms with E-state index in [0.717, 1.165) is 204 Å². The van der Waals surface area contributed by atoms with Gasteiger partial charge in [-0.05, 0) is 151 Å². The summed E-state index contributed by atoms with van der Waals surface area (Å²) < 4.78 is 19.3. The number of aromatic nitrogens is 9. The number of rotatable bonds is 10. The first kappa shape index (κ1) is 71.5. The van der Waals surface area contributed by atoms with Crippen molar-refractivity contribution < 1.29 is 13.3 Å². The third-order valence-corrected chi connectivity index (χ3v) is 23.1. The van der Waals surface area contributed by atoms with E-state index in [2.05, 4.69) is 182 Å². The van der Waals surface area contributed by atoms with E-state index in [0.29, 0.717) is 29.3 Å². The van der Waals surface area contributed by atoms with Gasteiger partial charge in [0, 0.05) is 82.4 Å². The van der Waals surface area contributed by atoms with Crippen LogP contribution in [0.4, 0.5) is 0 Å². The number of hydrogen-bond donors (Lipinski definition) is 0. The zero-order valence-electron chi connectivity index (χ0n) is 65.9. The molecule has 6 heterocycles. The molecule has 0 amide bonds. The molecule has 0 atom stereocenters. The lowest BCUT2D eigenvalue weighted by Gasteiger charge is -2.11. The summed E-state index contributed by atoms with van der Waals surface area (Å²) in [7, 11) is 0. The van der Waals surface area contributed by atoms with Crippen molar-refractivity contribution in [3.05, 3.63) is 406 Å². The quantitative estimate of drug-likeness (QED) is 0.120. The first-order valence-corrected chi connectivity index (χ1v) is 40.9. The highest BCUT2D eigenvalue weighted by molar-refractivity contribution is 6.22. The van der Waals surface area contributed by atoms with Crippen molar-refractivity contribution in [2.45, 2.75) is 0 Å². The van der Waals surface area contributed by atoms with E-state index in [1.165, 1.54) is 11.1 Å². The van der Waals surface area contributed by atoms with Gasteiger partial charge in [0.05, 0.1) is 33.6 Å². The van der Waals surface area contributed by atoms with Crippen molar-refractivity contribution in [3.63, 3.8) is 0 Å². The van der Waals surface area contributed by atoms with Gasteiger partial charge in [-0.2, -0.15) is 0 Å². The van der Waals surface area contributed by atoms with E-state index in [1.54, 1.807) is 0 Å². The average Bonchev–Trinajstić information content (AvgIpc) is 1.70. The summed E-state index contributed by atoms with van der Waals surface area (Å²) in [5.41, 5.74) is 21.8. The van der Waals surface area contributed by atoms with E-state index in [9.17, 15) is 0 Å². The van der Waals surface area contributed by atoms with Gasteiger partial charge in [0.2, 0.25) is 17.7 Å². The van der Waals surface area contributed by atoms with Gasteiger partial charge < -0.3 is 13.3 Å². The Morgan fingerprint density at radius 1 is 0.146 bits per heavy atom. The summed E-state index contributed by atoms with van der Waals surface area (Å²) in [4.78, 5) is 44.6. The predicted molar refractivity (Wildman–Crippen MR) is 501 cm³/mol. The Morgan fingerprint density at radius 3 is 0.846 bits per heavy atom. The monoisotopic (exact) mass is 1570 g/mol. The van der Waals surface area contributed by atoms with Gasteiger partial charge in [0.25, 0.3) is 0 Å². The summed E-state index contributed by atoms with van der Waals surface area (Å²) in [6.07, 6.45) is 0. The van der Waals surface area contributed by atoms with E-state index < -0.39 is 0 Å². The zero-order chi connectivity index (χ0) is 81.3. The second-order valence-electron chi connectivity index (χ2n) is 30.6. The second kappa shape index (κ2) is 30.3. The minimum atomic E-state index is 0.618. The van der Waals surface area contributed by atoms with Gasteiger partial charge in [0.1, 0.15) is 16.6 Å². The Bertz CT molecular complexity index is 8420. The molecule has 12 heteroatoms. The SMILES string of the molecule is c1ccc(-c2ccc(-c3nc(-c4ccc5ccc6ccc7nc(-c8ccccc8)oc7c6c5c4)nc4ccccc34)cc2)cc1.c1ccc(-c2nc(-c3ccc4c(ccc5ccc6nc(-c7ccccc7)oc6c54)c3)c3ccccc3n2)cc1.c1ccc(-c2nc(-c3ccc4ccc5ccc6nc(-c7ccccc7)oc6c5c4c3)c3ccccc3n2)cc1. The lowest BCUT2D eigenvalue weighted by Crippen LogP contribution is -1.95. The molecule has 12 nitrogen and oxygen atoms in total. The molecule has 19 aromatic carbocycles. The normalized spacial score (nSPS) is 11.6. The van der Waals surface area contributed by atoms with Crippen LogP contribution in [0.3, 0.4) is 0 Å². The molecule has 0 aliphatic carbocycles. The van der Waals surface area contributed by atoms with Gasteiger partial charge in [0.15, 0.2) is 34.2 Å². The van der Waals surface area contributed by atoms with Crippen LogP contribution in [0.1, 0.15) is 0 Å². The molecule has 0 bridgehead atoms. The minimum Gasteiger partial charge on any atom is -0.435 e. The van der Waals surface area contributed by atoms with Crippen molar-refractivity contribution in [1.29, 1.82) is 0 Å². The lowest BCUT2D eigenvalue weighted by molar-refractivity contribution is 0.623. The number of oxazole rings is 3. The molecule has 0 N–H and O–H groups in total. The molecule has 25 rings (SSSR count). The lowest BCUT2D eigenvalue weighted by atomic mass is 9.97. The van der Waals surface area contributed by atoms with E-state index in [4.69, 9.17) is 58.1 Å². The first-order valence-electron chi connectivity index (χ1n) is 40.9. The average molecular weight is 1570 g/mol. The Balaban J connectivity index is 0.000000107. The van der Waals surface area contributed by atoms with Gasteiger partial charge in [-0.1, -0.05) is 315 Å². The van der Waals surface area contributed by atoms with Gasteiger partial charge >= 0.3 is 0 Å². The highest BCUT2D eigenvalue weighted by Gasteiger charge is 2.22. The minimum absolute atomic E-state index is 0.618. The van der Waals surface area contributed by atoms with Crippen molar-refractivity contribution >= 4 is 131 Å². The van der Waals surface area contributed by atoms with Crippen LogP contribution < -0.4 is 0 Å². The van der Waals surface area contributed by atoms with Gasteiger partial charge in [-0.3, -0.25) is 0 Å². The van der Waals surface area contributed by atoms with Crippen LogP contribution in [0, 0.1) is 0 Å². The fraction of sp³-hybridized carbons (Fsp3) is 0. The molecule has 0 saturated heterocycles. The van der Waals surface area contributed by atoms with Crippen LogP contribution in [0.15, 0.2) is 420 Å². The van der Waals surface area contributed by atoms with Gasteiger partial charge in [-0.15, -0.1) is 0 Å². The summed E-state index contributed by atoms with van der Waals surface area (Å²) in [5.74, 6) is 4.00. The van der Waals surface area contributed by atoms with Crippen LogP contribution in [0.2, 0.25) is 0 Å². The Labute approximate surface area is 704 Å². The van der Waals surface area contributed by atoms with Crippen LogP contribution in [-0.2, 0) is 0 Å². The maximum absolute atomic E-state index is 6.45. The number of para-hydroxylation sites is 3. The molecule has 0 saturated carbocycles. The summed E-state index contributed by atoms with van der Waals surface area (Å²) in [6, 6.07) is 139. The van der Waals surface area contributed by atoms with Gasteiger partial charge in [-0.25, -0.2) is 44.9 Å². The highest BCUT2D eigenvalue weighted by atomic mass is 16.4. The molecule has 0 unspecified atom stereocenters. The fourth-order valence-electron chi connectivity index (χ4n) is 17.0. The third kappa shape index (κ3) is 13.2. The van der Waals surface area contributed by atoms with Crippen molar-refractivity contribution in [3.8, 4) is 113 Å². The number of fused-ring (bicyclic) bond motifs is 18. The molecule has 0 radical (unpaired) electrons. The Hall–Kier alpha value is -16.8. The van der Waals surface area contributed by atoms with E-state index in [1.807, 2.05) is 224 Å². The zero-order valence-corrected chi connectivity index (χ0v) is 65.9. The maximum Gasteiger partial charge on any atom is 0.227 e. The van der Waals surface area contributed by atoms with Crippen LogP contribution in [0.25, 0.3) is 244 Å². The fourth-order valence-corrected chi connectivity index (χ4v) is 17.0. The highest BCUT2D eigenvalue weighted by Crippen LogP contribution is 2.43. The molecule has 0 spiro atoms. The second-order valence-corrected chi connectivity index (χ2v) is 30.6. The van der Waals surface area contributed by atoms with E-state index in [-0.39, 0.29) is 0 Å². The van der Waals surface area contributed by atoms with Crippen molar-refractivity contribution in [1.82, 2.24) is 44.9 Å². The maximum atomic E-state index is 6.45. The molecule has 0 aliphatic rings. The van der Waals surface area contributed by atoms with Crippen LogP contribution in [0.5, 0.6) is 0 Å². The molecular weight excluding hydrogens is 1510 g/mol. The first-order chi connectivity index (χ1) is 60.9. The number of hydrogen-bond acceptors (Lipinski definition) is 12. The Kier molecular flexibility index (Phi) is 17.6. The summed E-state index contributed by atoms with van der Waals surface area (Å²) in [6.45, 7) is 0. The molecule has 0 fully saturated rings. The topological polar surface area (TPSA) is 155 Å². The molecule has 25 aromatic rings. The van der Waals surface area contributed by atoms with Crippen molar-refractivity contribution in [2.75, 3.05) is 0 Å². The van der Waals surface area contributed by atoms with Crippen LogP contribution in [-0.4, -0.2) is 44.9 Å². The number of benzene rings is 19. The van der Waals surface area contributed by atoms with Crippen LogP contribution >= 0.6 is 0 Å². The predicted octanol–water partition coefficient (Wildman–Crippen LogP) is 28.9. The molecule has 0 aliphatic heterocycles. The Morgan fingerprint density at radius 2 is 0.423 bits per heavy atom. The smallest absolute Gasteiger partial charge is 0.227 e. The molecule has 123 heavy (non-hydrogen) atoms. The van der Waals surface area contributed by atoms with E-state index >= 15 is 0 Å². The molecule has 6 aromatic heterocycles. The standard InChI is InChI=1S/C41H25N3O.2C35H21N3O/c1-3-9-26(10-4-1)27-15-20-30(21-16-27)38-33-13-7-8-14-35(33)42-40(44-38)32-22-18-28-17-19-29-23-24-36-39(37(29)34(28)25-32)45-41(43-36)31-11-5-2-6-12-31;1-3-9-24(10-4-1)34-36-29-14-8-7-13-27(29)32(38-34)26-18-16-22-15-17-23-19-20-30-33(31(23)28(22)21-26)39-35(37-30)25-11-5-2-6-12-25;1-3-9-23(10-4-1)34-36-29-14-8-7-13-28(29)32(38-34)26-17-19-27-25(21-26)16-15-22-18-20-30-33(31(22)27)39-35(37-30)24-11-5-2-6-12-24/h1-25H;2*1-21H. The molecular formula is C111H67N9O3. The summed E-state index contributed by atoms with van der Waals surface area (Å²) >= 11 is 0. The molecule has 574 valence electrons. The largest absolute Gasteiger partial charge is 0.435 e. The van der Waals surface area contributed by atoms with Crippen molar-refractivity contribution in [2.24, 2.45) is 0 Å². The summed E-state index contributed by atoms with van der Waals surface area (Å²) in [5, 5.41) is 16.3. The third-order valence-electron chi connectivity index (χ3n) is 23.1.